The maximum absolute atomic E-state index is 11.2. The minimum atomic E-state index is -0.315. The van der Waals surface area contributed by atoms with Gasteiger partial charge in [-0.25, -0.2) is 9.67 Å². The number of piperidine rings is 1. The Kier molecular flexibility index (Phi) is 5.17. The van der Waals surface area contributed by atoms with Crippen LogP contribution in [0, 0.1) is 0 Å². The van der Waals surface area contributed by atoms with Crippen LogP contribution in [0.25, 0.3) is 11.4 Å². The van der Waals surface area contributed by atoms with Crippen molar-refractivity contribution in [2.75, 3.05) is 26.2 Å². The smallest absolute Gasteiger partial charge is 0.231 e. The van der Waals surface area contributed by atoms with Gasteiger partial charge in [-0.1, -0.05) is 0 Å². The summed E-state index contributed by atoms with van der Waals surface area (Å²) in [6.07, 6.45) is 5.37. The van der Waals surface area contributed by atoms with Crippen LogP contribution in [-0.4, -0.2) is 61.9 Å². The molecule has 0 radical (unpaired) electrons. The second-order valence-electron chi connectivity index (χ2n) is 6.02. The summed E-state index contributed by atoms with van der Waals surface area (Å²) in [5.74, 6) is 1.34. The van der Waals surface area contributed by atoms with Gasteiger partial charge in [-0.3, -0.25) is 14.7 Å². The zero-order valence-corrected chi connectivity index (χ0v) is 13.5. The Morgan fingerprint density at radius 3 is 2.88 bits per heavy atom. The molecule has 24 heavy (non-hydrogen) atoms. The fourth-order valence-corrected chi connectivity index (χ4v) is 3.17. The number of nitrogens with two attached hydrogens (primary N) is 1. The molecule has 0 saturated carbocycles. The monoisotopic (exact) mass is 330 g/mol. The van der Waals surface area contributed by atoms with Crippen molar-refractivity contribution in [2.45, 2.75) is 25.3 Å². The van der Waals surface area contributed by atoms with Gasteiger partial charge >= 0.3 is 0 Å². The summed E-state index contributed by atoms with van der Waals surface area (Å²) in [5, 5.41) is 13.9. The van der Waals surface area contributed by atoms with Crippen LogP contribution < -0.4 is 5.73 Å². The number of hydrogen-bond donors (Lipinski definition) is 2. The standard InChI is InChI=1S/C16H22N6O2/c17-14(24)11-21-7-1-2-13(10-21)16-19-15(20-22(16)8-9-23)12-3-5-18-6-4-12/h3-6,13,23H,1-2,7-11H2,(H2,17,24)/t13-/m1/s1. The molecule has 8 nitrogen and oxygen atoms in total. The van der Waals surface area contributed by atoms with E-state index in [1.54, 1.807) is 17.1 Å². The fraction of sp³-hybridized carbons (Fsp3) is 0.500. The van der Waals surface area contributed by atoms with Gasteiger partial charge in [-0.15, -0.1) is 0 Å². The van der Waals surface area contributed by atoms with E-state index in [9.17, 15) is 9.90 Å². The van der Waals surface area contributed by atoms with Gasteiger partial charge in [0, 0.05) is 30.4 Å². The number of hydrogen-bond acceptors (Lipinski definition) is 6. The highest BCUT2D eigenvalue weighted by Gasteiger charge is 2.27. The molecule has 0 aliphatic carbocycles. The Bertz CT molecular complexity index is 687. The summed E-state index contributed by atoms with van der Waals surface area (Å²) < 4.78 is 1.77. The summed E-state index contributed by atoms with van der Waals surface area (Å²) in [6.45, 7) is 2.26. The van der Waals surface area contributed by atoms with Crippen molar-refractivity contribution < 1.29 is 9.90 Å². The Balaban J connectivity index is 1.85. The van der Waals surface area contributed by atoms with Crippen molar-refractivity contribution >= 4 is 5.91 Å². The Labute approximate surface area is 140 Å². The Morgan fingerprint density at radius 2 is 2.17 bits per heavy atom. The van der Waals surface area contributed by atoms with Gasteiger partial charge in [0.2, 0.25) is 5.91 Å². The molecule has 1 saturated heterocycles. The first-order valence-electron chi connectivity index (χ1n) is 8.14. The van der Waals surface area contributed by atoms with Crippen molar-refractivity contribution in [3.8, 4) is 11.4 Å². The molecule has 0 bridgehead atoms. The number of aliphatic hydroxyl groups is 1. The molecule has 3 N–H and O–H groups in total. The van der Waals surface area contributed by atoms with Crippen LogP contribution >= 0.6 is 0 Å². The minimum Gasteiger partial charge on any atom is -0.394 e. The maximum Gasteiger partial charge on any atom is 0.231 e. The van der Waals surface area contributed by atoms with Gasteiger partial charge < -0.3 is 10.8 Å². The first-order chi connectivity index (χ1) is 11.7. The number of rotatable bonds is 6. The molecule has 8 heteroatoms. The van der Waals surface area contributed by atoms with Gasteiger partial charge in [0.25, 0.3) is 0 Å². The Morgan fingerprint density at radius 1 is 1.38 bits per heavy atom. The van der Waals surface area contributed by atoms with Crippen LogP contribution in [-0.2, 0) is 11.3 Å². The summed E-state index contributed by atoms with van der Waals surface area (Å²) in [5.41, 5.74) is 6.21. The normalized spacial score (nSPS) is 18.6. The number of amides is 1. The highest BCUT2D eigenvalue weighted by atomic mass is 16.3. The molecule has 2 aromatic rings. The number of primary amides is 1. The first-order valence-corrected chi connectivity index (χ1v) is 8.14. The highest BCUT2D eigenvalue weighted by Crippen LogP contribution is 2.27. The average Bonchev–Trinajstić information content (AvgIpc) is 3.00. The van der Waals surface area contributed by atoms with E-state index in [2.05, 4.69) is 15.0 Å². The molecule has 3 rings (SSSR count). The molecule has 1 atom stereocenters. The summed E-state index contributed by atoms with van der Waals surface area (Å²) in [4.78, 5) is 22.0. The van der Waals surface area contributed by atoms with Crippen molar-refractivity contribution in [1.29, 1.82) is 0 Å². The molecule has 1 aliphatic rings. The third-order valence-electron chi connectivity index (χ3n) is 4.20. The quantitative estimate of drug-likeness (QED) is 0.771. The van der Waals surface area contributed by atoms with Gasteiger partial charge in [0.05, 0.1) is 19.7 Å². The largest absolute Gasteiger partial charge is 0.394 e. The van der Waals surface area contributed by atoms with Crippen LogP contribution in [0.1, 0.15) is 24.6 Å². The predicted molar refractivity (Wildman–Crippen MR) is 87.9 cm³/mol. The third kappa shape index (κ3) is 3.77. The van der Waals surface area contributed by atoms with Crippen molar-refractivity contribution in [1.82, 2.24) is 24.6 Å². The molecule has 2 aromatic heterocycles. The van der Waals surface area contributed by atoms with E-state index in [1.807, 2.05) is 12.1 Å². The molecule has 128 valence electrons. The Hall–Kier alpha value is -2.32. The lowest BCUT2D eigenvalue weighted by atomic mass is 9.97. The highest BCUT2D eigenvalue weighted by molar-refractivity contribution is 5.75. The molecular formula is C16H22N6O2. The van der Waals surface area contributed by atoms with Crippen molar-refractivity contribution in [3.63, 3.8) is 0 Å². The number of nitrogens with zero attached hydrogens (tertiary/aromatic N) is 5. The zero-order chi connectivity index (χ0) is 16.9. The zero-order valence-electron chi connectivity index (χ0n) is 13.5. The van der Waals surface area contributed by atoms with E-state index >= 15 is 0 Å². The lowest BCUT2D eigenvalue weighted by Crippen LogP contribution is -2.40. The van der Waals surface area contributed by atoms with Crippen LogP contribution in [0.5, 0.6) is 0 Å². The second-order valence-corrected chi connectivity index (χ2v) is 6.02. The summed E-state index contributed by atoms with van der Waals surface area (Å²) >= 11 is 0. The third-order valence-corrected chi connectivity index (χ3v) is 4.20. The number of likely N-dealkylation sites (tertiary alicyclic amines) is 1. The van der Waals surface area contributed by atoms with Crippen LogP contribution in [0.15, 0.2) is 24.5 Å². The molecule has 0 spiro atoms. The number of carbonyl (C=O) groups is 1. The van der Waals surface area contributed by atoms with Crippen LogP contribution in [0.3, 0.4) is 0 Å². The van der Waals surface area contributed by atoms with Gasteiger partial charge in [0.1, 0.15) is 5.82 Å². The summed E-state index contributed by atoms with van der Waals surface area (Å²) in [6, 6.07) is 3.73. The SMILES string of the molecule is NC(=O)CN1CCC[C@@H](c2nc(-c3ccncc3)nn2CCO)C1. The van der Waals surface area contributed by atoms with Crippen LogP contribution in [0.2, 0.25) is 0 Å². The number of pyridine rings is 1. The van der Waals surface area contributed by atoms with E-state index in [0.29, 0.717) is 12.4 Å². The maximum atomic E-state index is 11.2. The van der Waals surface area contributed by atoms with Gasteiger partial charge in [-0.05, 0) is 31.5 Å². The predicted octanol–water partition coefficient (Wildman–Crippen LogP) is -0.00290. The van der Waals surface area contributed by atoms with Gasteiger partial charge in [-0.2, -0.15) is 5.10 Å². The summed E-state index contributed by atoms with van der Waals surface area (Å²) in [7, 11) is 0. The molecule has 1 amide bonds. The average molecular weight is 330 g/mol. The lowest BCUT2D eigenvalue weighted by molar-refractivity contribution is -0.119. The second kappa shape index (κ2) is 7.50. The van der Waals surface area contributed by atoms with Crippen molar-refractivity contribution in [3.05, 3.63) is 30.4 Å². The fourth-order valence-electron chi connectivity index (χ4n) is 3.17. The van der Waals surface area contributed by atoms with Crippen molar-refractivity contribution in [2.24, 2.45) is 5.73 Å². The topological polar surface area (TPSA) is 110 Å². The van der Waals surface area contributed by atoms with E-state index in [0.717, 1.165) is 37.3 Å². The first kappa shape index (κ1) is 16.5. The lowest BCUT2D eigenvalue weighted by Gasteiger charge is -2.31. The van der Waals surface area contributed by atoms with E-state index in [1.165, 1.54) is 0 Å². The van der Waals surface area contributed by atoms with Crippen LogP contribution in [0.4, 0.5) is 0 Å². The number of aliphatic hydroxyl groups excluding tert-OH is 1. The van der Waals surface area contributed by atoms with E-state index in [4.69, 9.17) is 10.7 Å². The molecule has 0 unspecified atom stereocenters. The minimum absolute atomic E-state index is 0.00383. The molecule has 3 heterocycles. The number of aromatic nitrogens is 4. The molecule has 1 fully saturated rings. The van der Waals surface area contributed by atoms with Gasteiger partial charge in [0.15, 0.2) is 5.82 Å². The number of carbonyl (C=O) groups excluding carboxylic acids is 1. The molecular weight excluding hydrogens is 308 g/mol. The van der Waals surface area contributed by atoms with E-state index in [-0.39, 0.29) is 25.0 Å². The molecule has 1 aliphatic heterocycles. The van der Waals surface area contributed by atoms with E-state index < -0.39 is 0 Å². The molecule has 0 aromatic carbocycles.